The van der Waals surface area contributed by atoms with Crippen molar-refractivity contribution in [2.45, 2.75) is 12.5 Å². The number of aromatic nitrogens is 3. The highest BCUT2D eigenvalue weighted by molar-refractivity contribution is 6.36. The molecule has 1 saturated heterocycles. The van der Waals surface area contributed by atoms with Crippen LogP contribution in [0.25, 0.3) is 32.9 Å². The number of anilines is 1. The molecule has 0 saturated carbocycles. The molecule has 1 aliphatic rings. The molecule has 35 heavy (non-hydrogen) atoms. The zero-order chi connectivity index (χ0) is 24.7. The Labute approximate surface area is 206 Å². The van der Waals surface area contributed by atoms with Gasteiger partial charge in [0.2, 0.25) is 5.91 Å². The van der Waals surface area contributed by atoms with Gasteiger partial charge in [0, 0.05) is 42.3 Å². The summed E-state index contributed by atoms with van der Waals surface area (Å²) < 4.78 is 21.3. The molecule has 1 amide bonds. The summed E-state index contributed by atoms with van der Waals surface area (Å²) in [6.07, 6.45) is 3.75. The van der Waals surface area contributed by atoms with Gasteiger partial charge in [-0.25, -0.2) is 4.39 Å². The molecule has 0 bridgehead atoms. The summed E-state index contributed by atoms with van der Waals surface area (Å²) in [6, 6.07) is 11.1. The number of amides is 1. The standard InChI is InChI=1S/C26H23ClFN5O2/c1-4-20(34)33-12-11-16(33)14-32(2)25-18-13-29-23(22(28)24(18)30-26(31-25)35-3)17-9-5-7-15-8-6-10-19(27)21(15)17/h4-10,13,16H,1,11-12,14H2,2-3H3. The van der Waals surface area contributed by atoms with E-state index >= 15 is 4.39 Å². The van der Waals surface area contributed by atoms with Gasteiger partial charge in [0.05, 0.1) is 18.5 Å². The van der Waals surface area contributed by atoms with E-state index in [0.29, 0.717) is 34.9 Å². The summed E-state index contributed by atoms with van der Waals surface area (Å²) in [5.41, 5.74) is 0.820. The Morgan fingerprint density at radius 1 is 1.31 bits per heavy atom. The fraction of sp³-hybridized carbons (Fsp3) is 0.231. The number of carbonyl (C=O) groups excluding carboxylic acids is 1. The van der Waals surface area contributed by atoms with Crippen molar-refractivity contribution in [1.29, 1.82) is 0 Å². The van der Waals surface area contributed by atoms with Crippen LogP contribution in [0.4, 0.5) is 10.2 Å². The van der Waals surface area contributed by atoms with Crippen LogP contribution in [0.5, 0.6) is 6.01 Å². The van der Waals surface area contributed by atoms with Gasteiger partial charge in [-0.3, -0.25) is 9.78 Å². The van der Waals surface area contributed by atoms with Gasteiger partial charge in [-0.05, 0) is 23.9 Å². The molecule has 0 aliphatic carbocycles. The van der Waals surface area contributed by atoms with E-state index in [1.54, 1.807) is 23.2 Å². The van der Waals surface area contributed by atoms with E-state index in [0.717, 1.165) is 17.2 Å². The van der Waals surface area contributed by atoms with E-state index < -0.39 is 5.82 Å². The molecule has 4 aromatic rings. The van der Waals surface area contributed by atoms with Crippen molar-refractivity contribution in [3.8, 4) is 17.3 Å². The van der Waals surface area contributed by atoms with Crippen molar-refractivity contribution in [1.82, 2.24) is 19.9 Å². The number of likely N-dealkylation sites (tertiary alicyclic amines) is 1. The lowest BCUT2D eigenvalue weighted by molar-refractivity contribution is -0.132. The van der Waals surface area contributed by atoms with Gasteiger partial charge in [0.15, 0.2) is 5.82 Å². The second kappa shape index (κ2) is 9.11. The number of methoxy groups -OCH3 is 1. The van der Waals surface area contributed by atoms with Crippen LogP contribution in [0, 0.1) is 5.82 Å². The number of hydrogen-bond donors (Lipinski definition) is 0. The lowest BCUT2D eigenvalue weighted by Gasteiger charge is -2.42. The number of nitrogens with zero attached hydrogens (tertiary/aromatic N) is 5. The van der Waals surface area contributed by atoms with Crippen molar-refractivity contribution in [3.05, 3.63) is 66.1 Å². The van der Waals surface area contributed by atoms with Crippen LogP contribution in [0.2, 0.25) is 5.02 Å². The number of carbonyl (C=O) groups is 1. The first-order valence-electron chi connectivity index (χ1n) is 11.1. The summed E-state index contributed by atoms with van der Waals surface area (Å²) in [4.78, 5) is 28.9. The number of hydrogen-bond acceptors (Lipinski definition) is 6. The maximum absolute atomic E-state index is 16.0. The van der Waals surface area contributed by atoms with E-state index in [1.807, 2.05) is 36.2 Å². The molecule has 178 valence electrons. The second-order valence-corrected chi connectivity index (χ2v) is 8.83. The first-order valence-corrected chi connectivity index (χ1v) is 11.5. The summed E-state index contributed by atoms with van der Waals surface area (Å²) >= 11 is 6.47. The largest absolute Gasteiger partial charge is 0.467 e. The van der Waals surface area contributed by atoms with Crippen LogP contribution in [-0.2, 0) is 4.79 Å². The van der Waals surface area contributed by atoms with E-state index in [1.165, 1.54) is 13.2 Å². The van der Waals surface area contributed by atoms with Gasteiger partial charge >= 0.3 is 6.01 Å². The number of pyridine rings is 1. The van der Waals surface area contributed by atoms with Crippen LogP contribution in [0.15, 0.2) is 55.3 Å². The molecule has 2 aromatic carbocycles. The van der Waals surface area contributed by atoms with Gasteiger partial charge < -0.3 is 14.5 Å². The molecule has 0 radical (unpaired) electrons. The molecule has 1 atom stereocenters. The highest BCUT2D eigenvalue weighted by Gasteiger charge is 2.32. The molecule has 1 aliphatic heterocycles. The average molecular weight is 492 g/mol. The molecular weight excluding hydrogens is 469 g/mol. The lowest BCUT2D eigenvalue weighted by atomic mass is 10.0. The molecular formula is C26H23ClFN5O2. The number of fused-ring (bicyclic) bond motifs is 2. The maximum Gasteiger partial charge on any atom is 0.318 e. The van der Waals surface area contributed by atoms with Crippen molar-refractivity contribution < 1.29 is 13.9 Å². The Balaban J connectivity index is 1.61. The number of halogens is 2. The summed E-state index contributed by atoms with van der Waals surface area (Å²) in [7, 11) is 3.28. The topological polar surface area (TPSA) is 71.5 Å². The van der Waals surface area contributed by atoms with Gasteiger partial charge in [0.1, 0.15) is 17.0 Å². The zero-order valence-corrected chi connectivity index (χ0v) is 20.1. The predicted molar refractivity (Wildman–Crippen MR) is 135 cm³/mol. The third-order valence-electron chi connectivity index (χ3n) is 6.38. The summed E-state index contributed by atoms with van der Waals surface area (Å²) in [5, 5.41) is 2.56. The van der Waals surface area contributed by atoms with Crippen molar-refractivity contribution >= 4 is 45.0 Å². The summed E-state index contributed by atoms with van der Waals surface area (Å²) in [6.45, 7) is 4.76. The number of ether oxygens (including phenoxy) is 1. The lowest BCUT2D eigenvalue weighted by Crippen LogP contribution is -2.55. The minimum absolute atomic E-state index is 0.0106. The molecule has 1 unspecified atom stereocenters. The fourth-order valence-corrected chi connectivity index (χ4v) is 4.81. The molecule has 3 heterocycles. The third kappa shape index (κ3) is 3.93. The summed E-state index contributed by atoms with van der Waals surface area (Å²) in [5.74, 6) is -0.220. The Hall–Kier alpha value is -3.78. The molecule has 5 rings (SSSR count). The first kappa shape index (κ1) is 23.0. The minimum atomic E-state index is -0.586. The smallest absolute Gasteiger partial charge is 0.318 e. The van der Waals surface area contributed by atoms with E-state index in [9.17, 15) is 4.79 Å². The van der Waals surface area contributed by atoms with Crippen LogP contribution in [0.3, 0.4) is 0 Å². The molecule has 1 fully saturated rings. The zero-order valence-electron chi connectivity index (χ0n) is 19.3. The van der Waals surface area contributed by atoms with Crippen LogP contribution in [-0.4, -0.2) is 59.0 Å². The SMILES string of the molecule is C=CC(=O)N1CCC1CN(C)c1nc(OC)nc2c(F)c(-c3cccc4cccc(Cl)c34)ncc12. The van der Waals surface area contributed by atoms with Crippen molar-refractivity contribution in [2.24, 2.45) is 0 Å². The molecule has 2 aromatic heterocycles. The van der Waals surface area contributed by atoms with Crippen molar-refractivity contribution in [2.75, 3.05) is 32.1 Å². The highest BCUT2D eigenvalue weighted by Crippen LogP contribution is 2.37. The van der Waals surface area contributed by atoms with E-state index in [4.69, 9.17) is 16.3 Å². The average Bonchev–Trinajstić information content (AvgIpc) is 2.86. The Morgan fingerprint density at radius 3 is 2.77 bits per heavy atom. The van der Waals surface area contributed by atoms with Gasteiger partial charge in [-0.1, -0.05) is 48.5 Å². The highest BCUT2D eigenvalue weighted by atomic mass is 35.5. The third-order valence-corrected chi connectivity index (χ3v) is 6.70. The number of benzene rings is 2. The van der Waals surface area contributed by atoms with Crippen molar-refractivity contribution in [3.63, 3.8) is 0 Å². The number of rotatable bonds is 6. The van der Waals surface area contributed by atoms with Crippen LogP contribution < -0.4 is 9.64 Å². The molecule has 7 nitrogen and oxygen atoms in total. The second-order valence-electron chi connectivity index (χ2n) is 8.42. The number of likely N-dealkylation sites (N-methyl/N-ethyl adjacent to an activating group) is 1. The Bertz CT molecular complexity index is 1470. The maximum atomic E-state index is 16.0. The van der Waals surface area contributed by atoms with Crippen LogP contribution >= 0.6 is 11.6 Å². The quantitative estimate of drug-likeness (QED) is 0.358. The Morgan fingerprint density at radius 2 is 2.09 bits per heavy atom. The van der Waals surface area contributed by atoms with E-state index in [2.05, 4.69) is 21.5 Å². The van der Waals surface area contributed by atoms with Gasteiger partial charge in [-0.15, -0.1) is 0 Å². The normalized spacial score (nSPS) is 15.2. The molecule has 0 N–H and O–H groups in total. The van der Waals surface area contributed by atoms with Gasteiger partial charge in [-0.2, -0.15) is 9.97 Å². The van der Waals surface area contributed by atoms with E-state index in [-0.39, 0.29) is 29.2 Å². The van der Waals surface area contributed by atoms with Crippen LogP contribution in [0.1, 0.15) is 6.42 Å². The molecule has 9 heteroatoms. The first-order chi connectivity index (χ1) is 16.9. The van der Waals surface area contributed by atoms with Gasteiger partial charge in [0.25, 0.3) is 0 Å². The minimum Gasteiger partial charge on any atom is -0.467 e. The monoisotopic (exact) mass is 491 g/mol. The molecule has 0 spiro atoms. The Kier molecular flexibility index (Phi) is 5.98. The predicted octanol–water partition coefficient (Wildman–Crippen LogP) is 4.87. The fourth-order valence-electron chi connectivity index (χ4n) is 4.52.